The van der Waals surface area contributed by atoms with E-state index in [1.807, 2.05) is 6.07 Å². The predicted octanol–water partition coefficient (Wildman–Crippen LogP) is 2.97. The van der Waals surface area contributed by atoms with Gasteiger partial charge in [0.1, 0.15) is 0 Å². The van der Waals surface area contributed by atoms with Crippen LogP contribution in [0.5, 0.6) is 0 Å². The molecule has 0 spiro atoms. The largest absolute Gasteiger partial charge is 0.399 e. The molecule has 0 fully saturated rings. The molecule has 2 aromatic rings. The van der Waals surface area contributed by atoms with Crippen LogP contribution in [-0.2, 0) is 15.8 Å². The zero-order chi connectivity index (χ0) is 13.9. The molecule has 0 saturated heterocycles. The topological polar surface area (TPSA) is 72.2 Å². The number of hydrogen-bond donors (Lipinski definition) is 2. The molecule has 2 rings (SSSR count). The van der Waals surface area contributed by atoms with Crippen molar-refractivity contribution >= 4 is 37.3 Å². The summed E-state index contributed by atoms with van der Waals surface area (Å²) < 4.78 is 27.3. The van der Waals surface area contributed by atoms with Crippen molar-refractivity contribution in [2.45, 2.75) is 5.75 Å². The first kappa shape index (κ1) is 13.9. The number of anilines is 2. The Labute approximate surface area is 120 Å². The monoisotopic (exact) mass is 340 g/mol. The lowest BCUT2D eigenvalue weighted by molar-refractivity contribution is 0.600. The van der Waals surface area contributed by atoms with Gasteiger partial charge in [0.15, 0.2) is 0 Å². The van der Waals surface area contributed by atoms with E-state index in [1.54, 1.807) is 42.5 Å². The van der Waals surface area contributed by atoms with Crippen molar-refractivity contribution in [3.05, 3.63) is 58.6 Å². The summed E-state index contributed by atoms with van der Waals surface area (Å²) in [5.41, 5.74) is 7.32. The van der Waals surface area contributed by atoms with E-state index in [2.05, 4.69) is 20.7 Å². The third-order valence-electron chi connectivity index (χ3n) is 2.46. The van der Waals surface area contributed by atoms with Gasteiger partial charge in [0.2, 0.25) is 10.0 Å². The molecular weight excluding hydrogens is 328 g/mol. The van der Waals surface area contributed by atoms with E-state index in [0.29, 0.717) is 15.8 Å². The van der Waals surface area contributed by atoms with E-state index in [9.17, 15) is 8.42 Å². The van der Waals surface area contributed by atoms with Crippen LogP contribution in [0.1, 0.15) is 5.56 Å². The summed E-state index contributed by atoms with van der Waals surface area (Å²) in [6.45, 7) is 0. The van der Waals surface area contributed by atoms with Crippen molar-refractivity contribution in [2.24, 2.45) is 0 Å². The molecule has 0 aliphatic heterocycles. The average Bonchev–Trinajstić information content (AvgIpc) is 2.34. The van der Waals surface area contributed by atoms with Crippen molar-refractivity contribution in [3.8, 4) is 0 Å². The van der Waals surface area contributed by atoms with Crippen molar-refractivity contribution in [2.75, 3.05) is 10.5 Å². The molecule has 0 aliphatic carbocycles. The van der Waals surface area contributed by atoms with E-state index in [4.69, 9.17) is 5.73 Å². The van der Waals surface area contributed by atoms with E-state index in [0.717, 1.165) is 5.56 Å². The van der Waals surface area contributed by atoms with Crippen LogP contribution in [0.15, 0.2) is 53.0 Å². The molecule has 3 N–H and O–H groups in total. The van der Waals surface area contributed by atoms with Gasteiger partial charge in [-0.2, -0.15) is 0 Å². The predicted molar refractivity (Wildman–Crippen MR) is 81.2 cm³/mol. The Morgan fingerprint density at radius 3 is 2.47 bits per heavy atom. The Balaban J connectivity index is 2.20. The maximum atomic E-state index is 12.1. The highest BCUT2D eigenvalue weighted by molar-refractivity contribution is 9.10. The molecule has 2 aromatic carbocycles. The van der Waals surface area contributed by atoms with Crippen molar-refractivity contribution in [3.63, 3.8) is 0 Å². The highest BCUT2D eigenvalue weighted by atomic mass is 79.9. The first-order chi connectivity index (χ1) is 8.96. The molecule has 19 heavy (non-hydrogen) atoms. The molecule has 0 atom stereocenters. The van der Waals surface area contributed by atoms with Gasteiger partial charge < -0.3 is 5.73 Å². The summed E-state index contributed by atoms with van der Waals surface area (Å²) in [5, 5.41) is 0. The number of benzene rings is 2. The van der Waals surface area contributed by atoms with E-state index in [-0.39, 0.29) is 5.75 Å². The van der Waals surface area contributed by atoms with Crippen LogP contribution < -0.4 is 10.5 Å². The number of sulfonamides is 1. The SMILES string of the molecule is Nc1ccc(Br)c(NS(=O)(=O)Cc2ccccc2)c1. The smallest absolute Gasteiger partial charge is 0.236 e. The van der Waals surface area contributed by atoms with Gasteiger partial charge in [-0.25, -0.2) is 8.42 Å². The zero-order valence-corrected chi connectivity index (χ0v) is 12.4. The molecule has 0 unspecified atom stereocenters. The first-order valence-corrected chi connectivity index (χ1v) is 8.00. The van der Waals surface area contributed by atoms with Crippen LogP contribution in [-0.4, -0.2) is 8.42 Å². The second-order valence-corrected chi connectivity index (χ2v) is 6.66. The molecule has 100 valence electrons. The van der Waals surface area contributed by atoms with Crippen molar-refractivity contribution in [1.29, 1.82) is 0 Å². The fraction of sp³-hybridized carbons (Fsp3) is 0.0769. The van der Waals surface area contributed by atoms with Gasteiger partial charge in [0.05, 0.1) is 11.4 Å². The Bertz CT molecular complexity index is 672. The summed E-state index contributed by atoms with van der Waals surface area (Å²) in [6.07, 6.45) is 0. The molecule has 0 bridgehead atoms. The van der Waals surface area contributed by atoms with Gasteiger partial charge >= 0.3 is 0 Å². The van der Waals surface area contributed by atoms with Gasteiger partial charge in [-0.1, -0.05) is 30.3 Å². The Hall–Kier alpha value is -1.53. The maximum absolute atomic E-state index is 12.1. The lowest BCUT2D eigenvalue weighted by Gasteiger charge is -2.10. The molecule has 0 aromatic heterocycles. The van der Waals surface area contributed by atoms with Crippen LogP contribution in [0.25, 0.3) is 0 Å². The maximum Gasteiger partial charge on any atom is 0.236 e. The third-order valence-corrected chi connectivity index (χ3v) is 4.39. The minimum Gasteiger partial charge on any atom is -0.399 e. The van der Waals surface area contributed by atoms with E-state index < -0.39 is 10.0 Å². The van der Waals surface area contributed by atoms with Crippen LogP contribution in [0.3, 0.4) is 0 Å². The first-order valence-electron chi connectivity index (χ1n) is 5.56. The Kier molecular flexibility index (Phi) is 4.11. The number of rotatable bonds is 4. The number of nitrogens with one attached hydrogen (secondary N) is 1. The molecule has 0 radical (unpaired) electrons. The average molecular weight is 341 g/mol. The van der Waals surface area contributed by atoms with Gasteiger partial charge in [-0.15, -0.1) is 0 Å². The fourth-order valence-electron chi connectivity index (χ4n) is 1.62. The molecule has 0 heterocycles. The molecule has 4 nitrogen and oxygen atoms in total. The van der Waals surface area contributed by atoms with Crippen LogP contribution in [0.4, 0.5) is 11.4 Å². The quantitative estimate of drug-likeness (QED) is 0.840. The summed E-state index contributed by atoms with van der Waals surface area (Å²) in [4.78, 5) is 0. The van der Waals surface area contributed by atoms with Crippen LogP contribution in [0, 0.1) is 0 Å². The molecule has 0 aliphatic rings. The highest BCUT2D eigenvalue weighted by Crippen LogP contribution is 2.26. The lowest BCUT2D eigenvalue weighted by Crippen LogP contribution is -2.15. The summed E-state index contributed by atoms with van der Waals surface area (Å²) in [6, 6.07) is 14.0. The van der Waals surface area contributed by atoms with Crippen LogP contribution in [0.2, 0.25) is 0 Å². The molecule has 0 saturated carbocycles. The molecular formula is C13H13BrN2O2S. The lowest BCUT2D eigenvalue weighted by atomic mass is 10.2. The number of nitrogens with two attached hydrogens (primary N) is 1. The number of nitrogen functional groups attached to an aromatic ring is 1. The fourth-order valence-corrected chi connectivity index (χ4v) is 3.30. The summed E-state index contributed by atoms with van der Waals surface area (Å²) in [5.74, 6) is -0.0743. The highest BCUT2D eigenvalue weighted by Gasteiger charge is 2.13. The van der Waals surface area contributed by atoms with E-state index >= 15 is 0 Å². The minimum atomic E-state index is -3.46. The Morgan fingerprint density at radius 2 is 1.79 bits per heavy atom. The summed E-state index contributed by atoms with van der Waals surface area (Å²) >= 11 is 3.29. The van der Waals surface area contributed by atoms with Crippen molar-refractivity contribution in [1.82, 2.24) is 0 Å². The minimum absolute atomic E-state index is 0.0743. The second kappa shape index (κ2) is 5.63. The number of hydrogen-bond acceptors (Lipinski definition) is 3. The number of halogens is 1. The zero-order valence-electron chi connectivity index (χ0n) is 10.0. The standard InChI is InChI=1S/C13H13BrN2O2S/c14-12-7-6-11(15)8-13(12)16-19(17,18)9-10-4-2-1-3-5-10/h1-8,16H,9,15H2. The third kappa shape index (κ3) is 3.97. The second-order valence-electron chi connectivity index (χ2n) is 4.09. The Morgan fingerprint density at radius 1 is 1.11 bits per heavy atom. The normalized spacial score (nSPS) is 11.2. The van der Waals surface area contributed by atoms with E-state index in [1.165, 1.54) is 0 Å². The van der Waals surface area contributed by atoms with Gasteiger partial charge in [0, 0.05) is 10.2 Å². The molecule has 0 amide bonds. The van der Waals surface area contributed by atoms with Crippen molar-refractivity contribution < 1.29 is 8.42 Å². The van der Waals surface area contributed by atoms with Crippen LogP contribution >= 0.6 is 15.9 Å². The molecule has 6 heteroatoms. The van der Waals surface area contributed by atoms with Gasteiger partial charge in [-0.05, 0) is 39.7 Å². The summed E-state index contributed by atoms with van der Waals surface area (Å²) in [7, 11) is -3.46. The van der Waals surface area contributed by atoms with Gasteiger partial charge in [0.25, 0.3) is 0 Å². The van der Waals surface area contributed by atoms with Gasteiger partial charge in [-0.3, -0.25) is 4.72 Å².